The number of furan rings is 1. The number of benzene rings is 1. The summed E-state index contributed by atoms with van der Waals surface area (Å²) in [6.45, 7) is 1.34. The normalized spacial score (nSPS) is 26.8. The molecule has 0 spiro atoms. The van der Waals surface area contributed by atoms with Crippen LogP contribution in [0.4, 0.5) is 0 Å². The van der Waals surface area contributed by atoms with Crippen molar-refractivity contribution in [2.24, 2.45) is 11.8 Å². The third-order valence-corrected chi connectivity index (χ3v) is 5.37. The first kappa shape index (κ1) is 17.1. The Labute approximate surface area is 152 Å². The van der Waals surface area contributed by atoms with E-state index in [0.29, 0.717) is 24.0 Å². The van der Waals surface area contributed by atoms with Crippen LogP contribution in [0.25, 0.3) is 11.3 Å². The molecule has 1 aromatic heterocycles. The number of carbonyl (C=O) groups excluding carboxylic acids is 1. The van der Waals surface area contributed by atoms with Gasteiger partial charge in [0.05, 0.1) is 19.8 Å². The van der Waals surface area contributed by atoms with Gasteiger partial charge in [0.1, 0.15) is 11.5 Å². The van der Waals surface area contributed by atoms with Crippen LogP contribution in [0, 0.1) is 11.8 Å². The molecule has 1 aliphatic heterocycles. The minimum absolute atomic E-state index is 0.0697. The number of fused-ring (bicyclic) bond motifs is 1. The number of hydrogen-bond donors (Lipinski definition) is 1. The van der Waals surface area contributed by atoms with Crippen molar-refractivity contribution in [1.29, 1.82) is 0 Å². The molecule has 1 saturated heterocycles. The molecular formula is C20H23NO5. The van der Waals surface area contributed by atoms with Gasteiger partial charge < -0.3 is 23.9 Å². The van der Waals surface area contributed by atoms with Gasteiger partial charge in [-0.2, -0.15) is 0 Å². The Kier molecular flexibility index (Phi) is 4.70. The number of carbonyl (C=O) groups is 1. The van der Waals surface area contributed by atoms with Crippen molar-refractivity contribution < 1.29 is 23.4 Å². The molecule has 1 amide bonds. The van der Waals surface area contributed by atoms with Crippen molar-refractivity contribution in [3.63, 3.8) is 0 Å². The van der Waals surface area contributed by atoms with Crippen molar-refractivity contribution in [2.75, 3.05) is 27.4 Å². The van der Waals surface area contributed by atoms with Crippen LogP contribution in [-0.2, 0) is 9.47 Å². The molecule has 2 heterocycles. The van der Waals surface area contributed by atoms with E-state index in [2.05, 4.69) is 5.32 Å². The molecule has 1 aliphatic carbocycles. The molecule has 0 radical (unpaired) electrons. The van der Waals surface area contributed by atoms with Gasteiger partial charge in [0.25, 0.3) is 5.91 Å². The Balaban J connectivity index is 1.46. The summed E-state index contributed by atoms with van der Waals surface area (Å²) in [6, 6.07) is 11.1. The lowest BCUT2D eigenvalue weighted by atomic mass is 9.67. The summed E-state index contributed by atoms with van der Waals surface area (Å²) >= 11 is 0. The Morgan fingerprint density at radius 1 is 1.27 bits per heavy atom. The molecular weight excluding hydrogens is 334 g/mol. The predicted molar refractivity (Wildman–Crippen MR) is 95.2 cm³/mol. The van der Waals surface area contributed by atoms with E-state index in [4.69, 9.17) is 18.6 Å². The summed E-state index contributed by atoms with van der Waals surface area (Å²) in [5, 5.41) is 3.11. The van der Waals surface area contributed by atoms with E-state index in [1.807, 2.05) is 24.3 Å². The molecule has 0 unspecified atom stereocenters. The van der Waals surface area contributed by atoms with Gasteiger partial charge in [-0.05, 0) is 30.7 Å². The van der Waals surface area contributed by atoms with Gasteiger partial charge >= 0.3 is 0 Å². The first-order chi connectivity index (χ1) is 12.7. The van der Waals surface area contributed by atoms with Crippen LogP contribution in [0.2, 0.25) is 0 Å². The van der Waals surface area contributed by atoms with Gasteiger partial charge in [0.15, 0.2) is 5.76 Å². The zero-order valence-electron chi connectivity index (χ0n) is 14.9. The van der Waals surface area contributed by atoms with Gasteiger partial charge in [0, 0.05) is 37.2 Å². The minimum Gasteiger partial charge on any atom is -0.497 e. The molecule has 6 heteroatoms. The molecule has 1 N–H and O–H groups in total. The third-order valence-electron chi connectivity index (χ3n) is 5.37. The molecule has 138 valence electrons. The molecule has 2 aliphatic rings. The van der Waals surface area contributed by atoms with Gasteiger partial charge in [-0.3, -0.25) is 4.79 Å². The molecule has 2 fully saturated rings. The number of methoxy groups -OCH3 is 2. The van der Waals surface area contributed by atoms with E-state index in [1.165, 1.54) is 0 Å². The molecule has 1 aromatic carbocycles. The highest BCUT2D eigenvalue weighted by Gasteiger charge is 2.54. The van der Waals surface area contributed by atoms with Crippen molar-refractivity contribution in [3.8, 4) is 17.1 Å². The van der Waals surface area contributed by atoms with Crippen LogP contribution in [0.5, 0.6) is 5.75 Å². The quantitative estimate of drug-likeness (QED) is 0.861. The second-order valence-electron chi connectivity index (χ2n) is 6.80. The summed E-state index contributed by atoms with van der Waals surface area (Å²) in [5.74, 6) is 2.06. The Hall–Kier alpha value is -2.31. The van der Waals surface area contributed by atoms with E-state index >= 15 is 0 Å². The average molecular weight is 357 g/mol. The molecule has 0 bridgehead atoms. The van der Waals surface area contributed by atoms with Crippen LogP contribution in [0.1, 0.15) is 17.0 Å². The summed E-state index contributed by atoms with van der Waals surface area (Å²) in [4.78, 5) is 12.6. The maximum absolute atomic E-state index is 12.6. The van der Waals surface area contributed by atoms with Crippen molar-refractivity contribution in [3.05, 3.63) is 42.2 Å². The zero-order chi connectivity index (χ0) is 18.1. The lowest BCUT2D eigenvalue weighted by Gasteiger charge is -2.47. The third kappa shape index (κ3) is 2.99. The maximum atomic E-state index is 12.6. The highest BCUT2D eigenvalue weighted by molar-refractivity contribution is 5.92. The summed E-state index contributed by atoms with van der Waals surface area (Å²) in [7, 11) is 3.29. The van der Waals surface area contributed by atoms with Gasteiger partial charge in [-0.25, -0.2) is 0 Å². The summed E-state index contributed by atoms with van der Waals surface area (Å²) in [6.07, 6.45) is 1.17. The monoisotopic (exact) mass is 357 g/mol. The van der Waals surface area contributed by atoms with Crippen LogP contribution in [0.15, 0.2) is 40.8 Å². The molecule has 4 rings (SSSR count). The van der Waals surface area contributed by atoms with E-state index in [-0.39, 0.29) is 24.0 Å². The number of amides is 1. The molecule has 26 heavy (non-hydrogen) atoms. The van der Waals surface area contributed by atoms with Gasteiger partial charge in [-0.15, -0.1) is 0 Å². The van der Waals surface area contributed by atoms with Crippen molar-refractivity contribution in [2.45, 2.75) is 18.6 Å². The van der Waals surface area contributed by atoms with E-state index in [1.54, 1.807) is 26.4 Å². The molecule has 1 saturated carbocycles. The SMILES string of the molecule is COC[C@@H]1[C@H](NC(=O)c2ccc(-c3cccc(OC)c3)o2)[C@H]2CCO[C@H]21. The summed E-state index contributed by atoms with van der Waals surface area (Å²) in [5.41, 5.74) is 0.869. The van der Waals surface area contributed by atoms with E-state index in [9.17, 15) is 4.79 Å². The number of hydrogen-bond acceptors (Lipinski definition) is 5. The Morgan fingerprint density at radius 3 is 2.96 bits per heavy atom. The van der Waals surface area contributed by atoms with Crippen LogP contribution < -0.4 is 10.1 Å². The smallest absolute Gasteiger partial charge is 0.287 e. The van der Waals surface area contributed by atoms with E-state index < -0.39 is 0 Å². The Bertz CT molecular complexity index is 786. The molecule has 6 nitrogen and oxygen atoms in total. The summed E-state index contributed by atoms with van der Waals surface area (Å²) < 4.78 is 22.1. The zero-order valence-corrected chi connectivity index (χ0v) is 14.9. The highest BCUT2D eigenvalue weighted by atomic mass is 16.5. The molecule has 2 aromatic rings. The largest absolute Gasteiger partial charge is 0.497 e. The number of rotatable bonds is 6. The predicted octanol–water partition coefficient (Wildman–Crippen LogP) is 2.73. The average Bonchev–Trinajstić information content (AvgIpc) is 3.32. The number of ether oxygens (including phenoxy) is 3. The van der Waals surface area contributed by atoms with Crippen molar-refractivity contribution in [1.82, 2.24) is 5.32 Å². The van der Waals surface area contributed by atoms with Crippen LogP contribution >= 0.6 is 0 Å². The fourth-order valence-corrected chi connectivity index (χ4v) is 4.05. The first-order valence-corrected chi connectivity index (χ1v) is 8.87. The maximum Gasteiger partial charge on any atom is 0.287 e. The topological polar surface area (TPSA) is 69.9 Å². The van der Waals surface area contributed by atoms with Crippen molar-refractivity contribution >= 4 is 5.91 Å². The fraction of sp³-hybridized carbons (Fsp3) is 0.450. The standard InChI is InChI=1S/C20H23NO5/c1-23-11-15-18(14-8-9-25-19(14)15)21-20(22)17-7-6-16(26-17)12-4-3-5-13(10-12)24-2/h3-7,10,14-15,18-19H,8-9,11H2,1-2H3,(H,21,22)/t14-,15-,18-,19-/m1/s1. The lowest BCUT2D eigenvalue weighted by molar-refractivity contribution is -0.0811. The minimum atomic E-state index is -0.199. The number of nitrogens with one attached hydrogen (secondary N) is 1. The fourth-order valence-electron chi connectivity index (χ4n) is 4.05. The molecule has 4 atom stereocenters. The second kappa shape index (κ2) is 7.13. The van der Waals surface area contributed by atoms with Crippen LogP contribution in [-0.4, -0.2) is 45.5 Å². The highest BCUT2D eigenvalue weighted by Crippen LogP contribution is 2.43. The second-order valence-corrected chi connectivity index (χ2v) is 6.80. The van der Waals surface area contributed by atoms with E-state index in [0.717, 1.165) is 24.3 Å². The Morgan fingerprint density at radius 2 is 2.15 bits per heavy atom. The first-order valence-electron chi connectivity index (χ1n) is 8.87. The van der Waals surface area contributed by atoms with Crippen LogP contribution in [0.3, 0.4) is 0 Å². The van der Waals surface area contributed by atoms with Gasteiger partial charge in [0.2, 0.25) is 0 Å². The van der Waals surface area contributed by atoms with Gasteiger partial charge in [-0.1, -0.05) is 12.1 Å². The lowest BCUT2D eigenvalue weighted by Crippen LogP contribution is -2.62.